The highest BCUT2D eigenvalue weighted by molar-refractivity contribution is 7.20. The van der Waals surface area contributed by atoms with Crippen LogP contribution in [0.3, 0.4) is 0 Å². The van der Waals surface area contributed by atoms with Crippen LogP contribution in [0, 0.1) is 6.92 Å². The van der Waals surface area contributed by atoms with Gasteiger partial charge in [0.15, 0.2) is 0 Å². The first-order valence-electron chi connectivity index (χ1n) is 11.2. The average Bonchev–Trinajstić information content (AvgIpc) is 3.39. The van der Waals surface area contributed by atoms with E-state index in [1.807, 2.05) is 71.2 Å². The van der Waals surface area contributed by atoms with E-state index in [0.29, 0.717) is 54.6 Å². The van der Waals surface area contributed by atoms with Crippen molar-refractivity contribution >= 4 is 32.5 Å². The van der Waals surface area contributed by atoms with Gasteiger partial charge in [-0.25, -0.2) is 9.66 Å². The molecule has 1 aliphatic heterocycles. The Morgan fingerprint density at radius 1 is 1.00 bits per heavy atom. The molecule has 8 nitrogen and oxygen atoms in total. The van der Waals surface area contributed by atoms with Gasteiger partial charge in [0.2, 0.25) is 5.13 Å². The highest BCUT2D eigenvalue weighted by Gasteiger charge is 2.24. The van der Waals surface area contributed by atoms with Gasteiger partial charge in [0.05, 0.1) is 59.7 Å². The number of aromatic nitrogens is 4. The lowest BCUT2D eigenvalue weighted by Crippen LogP contribution is -2.49. The first-order valence-corrected chi connectivity index (χ1v) is 12.0. The number of rotatable bonds is 4. The summed E-state index contributed by atoms with van der Waals surface area (Å²) in [5.41, 5.74) is 2.79. The molecule has 0 unspecified atom stereocenters. The van der Waals surface area contributed by atoms with Crippen LogP contribution in [0.4, 0.5) is 0 Å². The smallest absolute Gasteiger partial charge is 0.283 e. The molecule has 34 heavy (non-hydrogen) atoms. The molecule has 9 heteroatoms. The second-order valence-electron chi connectivity index (χ2n) is 8.33. The molecule has 6 rings (SSSR count). The lowest BCUT2D eigenvalue weighted by atomic mass is 10.2. The standard InChI is InChI=1S/C25H23N5O3S/c1-17-23-20(15-22(31)29(17)27-11-13-33-14-12-27)28(16-18-7-3-2-4-8-18)30(24(23)32)25-26-19-9-5-6-10-21(19)34-25/h2-10,15H,11-14,16H2,1H3. The van der Waals surface area contributed by atoms with E-state index < -0.39 is 0 Å². The summed E-state index contributed by atoms with van der Waals surface area (Å²) >= 11 is 1.47. The van der Waals surface area contributed by atoms with Crippen LogP contribution in [-0.2, 0) is 11.3 Å². The second-order valence-corrected chi connectivity index (χ2v) is 9.34. The number of benzene rings is 2. The van der Waals surface area contributed by atoms with Crippen LogP contribution in [-0.4, -0.2) is 45.3 Å². The van der Waals surface area contributed by atoms with Gasteiger partial charge < -0.3 is 9.75 Å². The van der Waals surface area contributed by atoms with E-state index in [9.17, 15) is 9.59 Å². The number of ether oxygens (including phenoxy) is 1. The van der Waals surface area contributed by atoms with Crippen LogP contribution in [0.1, 0.15) is 11.3 Å². The summed E-state index contributed by atoms with van der Waals surface area (Å²) in [5.74, 6) is 0. The normalized spacial score (nSPS) is 14.3. The minimum Gasteiger partial charge on any atom is -0.378 e. The third kappa shape index (κ3) is 3.36. The van der Waals surface area contributed by atoms with Gasteiger partial charge in [-0.3, -0.25) is 14.3 Å². The van der Waals surface area contributed by atoms with E-state index in [-0.39, 0.29) is 11.1 Å². The van der Waals surface area contributed by atoms with E-state index in [2.05, 4.69) is 0 Å². The first-order chi connectivity index (χ1) is 16.6. The zero-order chi connectivity index (χ0) is 23.2. The summed E-state index contributed by atoms with van der Waals surface area (Å²) in [6, 6.07) is 19.3. The van der Waals surface area contributed by atoms with E-state index in [1.165, 1.54) is 11.3 Å². The Hall–Kier alpha value is -3.69. The first kappa shape index (κ1) is 20.9. The lowest BCUT2D eigenvalue weighted by molar-refractivity contribution is 0.110. The van der Waals surface area contributed by atoms with Crippen molar-refractivity contribution in [2.24, 2.45) is 0 Å². The number of fused-ring (bicyclic) bond motifs is 2. The fourth-order valence-corrected chi connectivity index (χ4v) is 5.63. The molecule has 0 spiro atoms. The predicted octanol–water partition coefficient (Wildman–Crippen LogP) is 2.89. The van der Waals surface area contributed by atoms with E-state index >= 15 is 0 Å². The van der Waals surface area contributed by atoms with Crippen molar-refractivity contribution in [2.75, 3.05) is 31.3 Å². The van der Waals surface area contributed by atoms with Crippen molar-refractivity contribution in [1.82, 2.24) is 19.0 Å². The zero-order valence-electron chi connectivity index (χ0n) is 18.7. The lowest BCUT2D eigenvalue weighted by Gasteiger charge is -2.31. The third-order valence-electron chi connectivity index (χ3n) is 6.24. The fraction of sp³-hybridized carbons (Fsp3) is 0.240. The molecular weight excluding hydrogens is 450 g/mol. The van der Waals surface area contributed by atoms with Crippen molar-refractivity contribution in [2.45, 2.75) is 13.5 Å². The number of hydrogen-bond donors (Lipinski definition) is 0. The Bertz CT molecular complexity index is 1590. The van der Waals surface area contributed by atoms with Crippen LogP contribution in [0.15, 0.2) is 70.3 Å². The number of pyridine rings is 1. The Morgan fingerprint density at radius 2 is 1.74 bits per heavy atom. The van der Waals surface area contributed by atoms with Gasteiger partial charge in [-0.05, 0) is 24.6 Å². The minimum atomic E-state index is -0.176. The molecular formula is C25H23N5O3S. The molecule has 3 aromatic heterocycles. The molecule has 4 heterocycles. The molecule has 0 atom stereocenters. The molecule has 0 saturated carbocycles. The quantitative estimate of drug-likeness (QED) is 0.401. The molecule has 1 saturated heterocycles. The molecule has 0 aliphatic carbocycles. The molecule has 0 N–H and O–H groups in total. The molecule has 2 aromatic carbocycles. The topological polar surface area (TPSA) is 74.3 Å². The van der Waals surface area contributed by atoms with Gasteiger partial charge in [0, 0.05) is 6.07 Å². The van der Waals surface area contributed by atoms with Crippen LogP contribution >= 0.6 is 11.3 Å². The Balaban J connectivity index is 1.64. The van der Waals surface area contributed by atoms with E-state index in [0.717, 1.165) is 15.8 Å². The van der Waals surface area contributed by atoms with Crippen molar-refractivity contribution in [3.63, 3.8) is 0 Å². The molecule has 1 aliphatic rings. The summed E-state index contributed by atoms with van der Waals surface area (Å²) < 4.78 is 11.6. The van der Waals surface area contributed by atoms with Crippen molar-refractivity contribution in [3.05, 3.63) is 92.6 Å². The van der Waals surface area contributed by atoms with Crippen LogP contribution < -0.4 is 16.1 Å². The molecule has 172 valence electrons. The summed E-state index contributed by atoms with van der Waals surface area (Å²) in [5, 5.41) is 3.07. The third-order valence-corrected chi connectivity index (χ3v) is 7.25. The van der Waals surface area contributed by atoms with Gasteiger partial charge in [0.1, 0.15) is 0 Å². The highest BCUT2D eigenvalue weighted by atomic mass is 32.1. The molecule has 0 radical (unpaired) electrons. The summed E-state index contributed by atoms with van der Waals surface area (Å²) in [6.07, 6.45) is 0. The maximum atomic E-state index is 13.9. The maximum Gasteiger partial charge on any atom is 0.283 e. The number of nitrogens with zero attached hydrogens (tertiary/aromatic N) is 5. The van der Waals surface area contributed by atoms with Crippen LogP contribution in [0.5, 0.6) is 0 Å². The Kier molecular flexibility index (Phi) is 5.08. The Morgan fingerprint density at radius 3 is 2.50 bits per heavy atom. The number of para-hydroxylation sites is 1. The highest BCUT2D eigenvalue weighted by Crippen LogP contribution is 2.26. The predicted molar refractivity (Wildman–Crippen MR) is 134 cm³/mol. The Labute approximate surface area is 198 Å². The average molecular weight is 474 g/mol. The van der Waals surface area contributed by atoms with E-state index in [4.69, 9.17) is 9.72 Å². The largest absolute Gasteiger partial charge is 0.378 e. The summed E-state index contributed by atoms with van der Waals surface area (Å²) in [6.45, 7) is 4.59. The maximum absolute atomic E-state index is 13.9. The number of thiazole rings is 1. The SMILES string of the molecule is Cc1c2c(=O)n(-c3nc4ccccc4s3)n(Cc3ccccc3)c2cc(=O)n1N1CCOCC1. The van der Waals surface area contributed by atoms with Crippen LogP contribution in [0.2, 0.25) is 0 Å². The van der Waals surface area contributed by atoms with Crippen molar-refractivity contribution in [3.8, 4) is 5.13 Å². The van der Waals surface area contributed by atoms with Gasteiger partial charge in [0.25, 0.3) is 11.1 Å². The van der Waals surface area contributed by atoms with Gasteiger partial charge in [-0.2, -0.15) is 4.68 Å². The van der Waals surface area contributed by atoms with E-state index in [1.54, 1.807) is 15.4 Å². The molecule has 0 bridgehead atoms. The monoisotopic (exact) mass is 473 g/mol. The molecule has 1 fully saturated rings. The van der Waals surface area contributed by atoms with Gasteiger partial charge in [-0.1, -0.05) is 53.8 Å². The number of morpholine rings is 1. The zero-order valence-corrected chi connectivity index (χ0v) is 19.5. The van der Waals surface area contributed by atoms with Crippen molar-refractivity contribution < 1.29 is 4.74 Å². The van der Waals surface area contributed by atoms with Gasteiger partial charge in [-0.15, -0.1) is 0 Å². The molecule has 5 aromatic rings. The summed E-state index contributed by atoms with van der Waals surface area (Å²) in [4.78, 5) is 32.0. The van der Waals surface area contributed by atoms with Gasteiger partial charge >= 0.3 is 0 Å². The fourth-order valence-electron chi connectivity index (χ4n) is 4.66. The van der Waals surface area contributed by atoms with Crippen LogP contribution in [0.25, 0.3) is 26.3 Å². The second kappa shape index (κ2) is 8.27. The number of hydrogen-bond acceptors (Lipinski definition) is 6. The summed E-state index contributed by atoms with van der Waals surface area (Å²) in [7, 11) is 0. The van der Waals surface area contributed by atoms with Crippen molar-refractivity contribution in [1.29, 1.82) is 0 Å². The minimum absolute atomic E-state index is 0.157. The number of aryl methyl sites for hydroxylation is 1. The molecule has 0 amide bonds.